The standard InChI is InChI=1S/C20H16N4/c1-14-10-15(13-22-12-14)19-11-20(23-16-6-8-21-9-7-16)17-4-2-3-5-18(17)24-19/h2-13H,1H3,(H,21,23,24). The van der Waals surface area contributed by atoms with Gasteiger partial charge in [-0.3, -0.25) is 9.97 Å². The number of aromatic nitrogens is 3. The van der Waals surface area contributed by atoms with Crippen molar-refractivity contribution in [3.8, 4) is 11.3 Å². The van der Waals surface area contributed by atoms with E-state index < -0.39 is 0 Å². The zero-order chi connectivity index (χ0) is 16.4. The van der Waals surface area contributed by atoms with Gasteiger partial charge in [0.2, 0.25) is 0 Å². The molecular weight excluding hydrogens is 296 g/mol. The highest BCUT2D eigenvalue weighted by Gasteiger charge is 2.08. The number of hydrogen-bond donors (Lipinski definition) is 1. The van der Waals surface area contributed by atoms with Crippen LogP contribution in [-0.2, 0) is 0 Å². The maximum atomic E-state index is 4.80. The molecule has 0 saturated carbocycles. The molecule has 0 spiro atoms. The highest BCUT2D eigenvalue weighted by molar-refractivity contribution is 5.95. The molecule has 0 aliphatic carbocycles. The lowest BCUT2D eigenvalue weighted by Gasteiger charge is -2.12. The minimum Gasteiger partial charge on any atom is -0.355 e. The number of pyridine rings is 3. The Bertz CT molecular complexity index is 997. The zero-order valence-electron chi connectivity index (χ0n) is 13.3. The van der Waals surface area contributed by atoms with Gasteiger partial charge in [-0.15, -0.1) is 0 Å². The molecule has 0 unspecified atom stereocenters. The van der Waals surface area contributed by atoms with E-state index in [9.17, 15) is 0 Å². The van der Waals surface area contributed by atoms with E-state index in [0.29, 0.717) is 0 Å². The molecule has 0 saturated heterocycles. The predicted molar refractivity (Wildman–Crippen MR) is 97.2 cm³/mol. The molecule has 4 rings (SSSR count). The summed E-state index contributed by atoms with van der Waals surface area (Å²) in [5.74, 6) is 0. The Morgan fingerprint density at radius 1 is 0.875 bits per heavy atom. The summed E-state index contributed by atoms with van der Waals surface area (Å²) in [5.41, 5.74) is 6.00. The van der Waals surface area contributed by atoms with Crippen molar-refractivity contribution in [2.75, 3.05) is 5.32 Å². The van der Waals surface area contributed by atoms with Gasteiger partial charge in [0.15, 0.2) is 0 Å². The van der Waals surface area contributed by atoms with Crippen molar-refractivity contribution in [2.24, 2.45) is 0 Å². The highest BCUT2D eigenvalue weighted by Crippen LogP contribution is 2.30. The molecule has 3 heterocycles. The SMILES string of the molecule is Cc1cncc(-c2cc(Nc3ccncc3)c3ccccc3n2)c1. The second kappa shape index (κ2) is 6.08. The van der Waals surface area contributed by atoms with Gasteiger partial charge in [-0.2, -0.15) is 0 Å². The number of fused-ring (bicyclic) bond motifs is 1. The number of anilines is 2. The van der Waals surface area contributed by atoms with Gasteiger partial charge in [0.25, 0.3) is 0 Å². The van der Waals surface area contributed by atoms with Gasteiger partial charge in [0.05, 0.1) is 16.9 Å². The molecule has 0 atom stereocenters. The Hall–Kier alpha value is -3.27. The molecule has 116 valence electrons. The molecule has 0 fully saturated rings. The van der Waals surface area contributed by atoms with Crippen molar-refractivity contribution in [1.82, 2.24) is 15.0 Å². The van der Waals surface area contributed by atoms with Gasteiger partial charge in [-0.1, -0.05) is 18.2 Å². The third kappa shape index (κ3) is 2.82. The molecule has 4 nitrogen and oxygen atoms in total. The molecule has 4 heteroatoms. The summed E-state index contributed by atoms with van der Waals surface area (Å²) in [6.45, 7) is 2.04. The van der Waals surface area contributed by atoms with E-state index >= 15 is 0 Å². The van der Waals surface area contributed by atoms with E-state index in [1.54, 1.807) is 12.4 Å². The van der Waals surface area contributed by atoms with Crippen LogP contribution in [-0.4, -0.2) is 15.0 Å². The largest absolute Gasteiger partial charge is 0.355 e. The Morgan fingerprint density at radius 2 is 1.71 bits per heavy atom. The van der Waals surface area contributed by atoms with Gasteiger partial charge in [-0.05, 0) is 42.8 Å². The first-order valence-electron chi connectivity index (χ1n) is 7.78. The van der Waals surface area contributed by atoms with Gasteiger partial charge >= 0.3 is 0 Å². The Balaban J connectivity index is 1.88. The van der Waals surface area contributed by atoms with Crippen molar-refractivity contribution in [1.29, 1.82) is 0 Å². The average molecular weight is 312 g/mol. The van der Waals surface area contributed by atoms with Crippen LogP contribution in [0.5, 0.6) is 0 Å². The summed E-state index contributed by atoms with van der Waals surface area (Å²) in [7, 11) is 0. The van der Waals surface area contributed by atoms with Crippen LogP contribution in [0.4, 0.5) is 11.4 Å². The molecule has 0 aliphatic rings. The van der Waals surface area contributed by atoms with E-state index in [1.807, 2.05) is 49.6 Å². The van der Waals surface area contributed by atoms with Crippen molar-refractivity contribution < 1.29 is 0 Å². The Labute approximate surface area is 140 Å². The highest BCUT2D eigenvalue weighted by atomic mass is 14.9. The summed E-state index contributed by atoms with van der Waals surface area (Å²) in [6.07, 6.45) is 7.25. The minimum absolute atomic E-state index is 0.904. The van der Waals surface area contributed by atoms with E-state index in [4.69, 9.17) is 4.98 Å². The van der Waals surface area contributed by atoms with Crippen LogP contribution < -0.4 is 5.32 Å². The summed E-state index contributed by atoms with van der Waals surface area (Å²) in [4.78, 5) is 13.1. The van der Waals surface area contributed by atoms with Gasteiger partial charge in [-0.25, -0.2) is 4.98 Å². The second-order valence-electron chi connectivity index (χ2n) is 5.68. The van der Waals surface area contributed by atoms with Crippen LogP contribution >= 0.6 is 0 Å². The molecule has 0 radical (unpaired) electrons. The Kier molecular flexibility index (Phi) is 3.63. The summed E-state index contributed by atoms with van der Waals surface area (Å²) >= 11 is 0. The lowest BCUT2D eigenvalue weighted by Crippen LogP contribution is -1.95. The number of hydrogen-bond acceptors (Lipinski definition) is 4. The lowest BCUT2D eigenvalue weighted by molar-refractivity contribution is 1.25. The molecule has 1 N–H and O–H groups in total. The molecule has 4 aromatic rings. The van der Waals surface area contributed by atoms with Crippen LogP contribution in [0, 0.1) is 6.92 Å². The topological polar surface area (TPSA) is 50.7 Å². The molecule has 0 aliphatic heterocycles. The number of para-hydroxylation sites is 1. The van der Waals surface area contributed by atoms with Crippen LogP contribution in [0.1, 0.15) is 5.56 Å². The van der Waals surface area contributed by atoms with Gasteiger partial charge < -0.3 is 5.32 Å². The molecule has 24 heavy (non-hydrogen) atoms. The number of aryl methyl sites for hydroxylation is 1. The van der Waals surface area contributed by atoms with Crippen LogP contribution in [0.25, 0.3) is 22.2 Å². The first-order valence-corrected chi connectivity index (χ1v) is 7.78. The quantitative estimate of drug-likeness (QED) is 0.593. The fourth-order valence-electron chi connectivity index (χ4n) is 2.71. The number of nitrogens with one attached hydrogen (secondary N) is 1. The van der Waals surface area contributed by atoms with Crippen LogP contribution in [0.2, 0.25) is 0 Å². The Morgan fingerprint density at radius 3 is 2.54 bits per heavy atom. The van der Waals surface area contributed by atoms with E-state index in [-0.39, 0.29) is 0 Å². The summed E-state index contributed by atoms with van der Waals surface area (Å²) in [5, 5.41) is 4.55. The summed E-state index contributed by atoms with van der Waals surface area (Å²) < 4.78 is 0. The number of rotatable bonds is 3. The smallest absolute Gasteiger partial charge is 0.0746 e. The fourth-order valence-corrected chi connectivity index (χ4v) is 2.71. The van der Waals surface area contributed by atoms with E-state index in [0.717, 1.165) is 39.1 Å². The van der Waals surface area contributed by atoms with Crippen molar-refractivity contribution >= 4 is 22.3 Å². The van der Waals surface area contributed by atoms with Gasteiger partial charge in [0.1, 0.15) is 0 Å². The maximum absolute atomic E-state index is 4.80. The van der Waals surface area contributed by atoms with Crippen LogP contribution in [0.15, 0.2) is 73.3 Å². The summed E-state index contributed by atoms with van der Waals surface area (Å²) in [6, 6.07) is 16.2. The zero-order valence-corrected chi connectivity index (χ0v) is 13.3. The van der Waals surface area contributed by atoms with Crippen molar-refractivity contribution in [3.05, 3.63) is 78.9 Å². The first kappa shape index (κ1) is 14.3. The first-order chi connectivity index (χ1) is 11.8. The molecule has 0 amide bonds. The maximum Gasteiger partial charge on any atom is 0.0746 e. The molecule has 0 bridgehead atoms. The normalized spacial score (nSPS) is 10.7. The lowest BCUT2D eigenvalue weighted by atomic mass is 10.1. The molecular formula is C20H16N4. The van der Waals surface area contributed by atoms with E-state index in [1.165, 1.54) is 0 Å². The third-order valence-corrected chi connectivity index (χ3v) is 3.85. The van der Waals surface area contributed by atoms with Crippen molar-refractivity contribution in [2.45, 2.75) is 6.92 Å². The monoisotopic (exact) mass is 312 g/mol. The van der Waals surface area contributed by atoms with Crippen molar-refractivity contribution in [3.63, 3.8) is 0 Å². The van der Waals surface area contributed by atoms with E-state index in [2.05, 4.69) is 33.5 Å². The predicted octanol–water partition coefficient (Wildman–Crippen LogP) is 4.74. The fraction of sp³-hybridized carbons (Fsp3) is 0.0500. The average Bonchev–Trinajstić information content (AvgIpc) is 2.62. The van der Waals surface area contributed by atoms with Crippen LogP contribution in [0.3, 0.4) is 0 Å². The van der Waals surface area contributed by atoms with Gasteiger partial charge in [0, 0.05) is 41.4 Å². The third-order valence-electron chi connectivity index (χ3n) is 3.85. The minimum atomic E-state index is 0.904. The number of benzene rings is 1. The molecule has 3 aromatic heterocycles. The number of nitrogens with zero attached hydrogens (tertiary/aromatic N) is 3. The second-order valence-corrected chi connectivity index (χ2v) is 5.68. The molecule has 1 aromatic carbocycles.